The van der Waals surface area contributed by atoms with Gasteiger partial charge in [-0.15, -0.1) is 0 Å². The number of nitrogens with zero attached hydrogens (tertiary/aromatic N) is 2. The Morgan fingerprint density at radius 3 is 2.19 bits per heavy atom. The second-order valence-corrected chi connectivity index (χ2v) is 5.40. The average molecular weight is 219 g/mol. The zero-order chi connectivity index (χ0) is 10.8. The molecule has 0 spiro atoms. The van der Waals surface area contributed by atoms with Gasteiger partial charge in [-0.25, -0.2) is 4.98 Å². The summed E-state index contributed by atoms with van der Waals surface area (Å²) in [5.41, 5.74) is 0. The lowest BCUT2D eigenvalue weighted by Gasteiger charge is -2.16. The molecule has 0 aromatic carbocycles. The summed E-state index contributed by atoms with van der Waals surface area (Å²) in [5, 5.41) is 7.58. The predicted molar refractivity (Wildman–Crippen MR) is 63.4 cm³/mol. The minimum Gasteiger partial charge on any atom is -0.263 e. The van der Waals surface area contributed by atoms with Gasteiger partial charge in [0.1, 0.15) is 5.82 Å². The summed E-state index contributed by atoms with van der Waals surface area (Å²) in [4.78, 5) is 4.70. The first-order valence-electron chi connectivity index (χ1n) is 6.85. The Morgan fingerprint density at radius 2 is 1.50 bits per heavy atom. The van der Waals surface area contributed by atoms with Gasteiger partial charge < -0.3 is 0 Å². The van der Waals surface area contributed by atoms with Crippen molar-refractivity contribution in [3.05, 3.63) is 11.6 Å². The Kier molecular flexibility index (Phi) is 2.94. The monoisotopic (exact) mass is 219 g/mol. The molecule has 1 aromatic rings. The molecule has 2 aliphatic rings. The average Bonchev–Trinajstić information content (AvgIpc) is 2.98. The van der Waals surface area contributed by atoms with E-state index in [2.05, 4.69) is 10.2 Å². The third kappa shape index (κ3) is 2.28. The van der Waals surface area contributed by atoms with Crippen molar-refractivity contribution in [3.63, 3.8) is 0 Å². The Morgan fingerprint density at radius 1 is 0.812 bits per heavy atom. The fraction of sp³-hybridized carbons (Fsp3) is 0.846. The summed E-state index contributed by atoms with van der Waals surface area (Å²) < 4.78 is 0. The number of hydrogen-bond acceptors (Lipinski definition) is 2. The molecule has 0 atom stereocenters. The highest BCUT2D eigenvalue weighted by Crippen LogP contribution is 2.38. The zero-order valence-corrected chi connectivity index (χ0v) is 9.91. The zero-order valence-electron chi connectivity index (χ0n) is 9.91. The van der Waals surface area contributed by atoms with Crippen molar-refractivity contribution >= 4 is 0 Å². The Bertz CT molecular complexity index is 333. The van der Waals surface area contributed by atoms with Gasteiger partial charge in [-0.3, -0.25) is 5.10 Å². The van der Waals surface area contributed by atoms with Crippen LogP contribution in [0.5, 0.6) is 0 Å². The molecular weight excluding hydrogens is 198 g/mol. The van der Waals surface area contributed by atoms with Gasteiger partial charge >= 0.3 is 0 Å². The minimum absolute atomic E-state index is 0.629. The Balaban J connectivity index is 1.67. The molecule has 0 amide bonds. The second kappa shape index (κ2) is 4.56. The first-order chi connectivity index (χ1) is 7.93. The van der Waals surface area contributed by atoms with E-state index >= 15 is 0 Å². The van der Waals surface area contributed by atoms with Crippen molar-refractivity contribution in [2.24, 2.45) is 0 Å². The third-order valence-electron chi connectivity index (χ3n) is 3.95. The Labute approximate surface area is 97.1 Å². The SMILES string of the molecule is C1CCCC(c2n[nH]c(C3CC3)n2)CCC1. The highest BCUT2D eigenvalue weighted by Gasteiger charge is 2.28. The summed E-state index contributed by atoms with van der Waals surface area (Å²) >= 11 is 0. The smallest absolute Gasteiger partial charge is 0.153 e. The number of rotatable bonds is 2. The maximum Gasteiger partial charge on any atom is 0.153 e. The second-order valence-electron chi connectivity index (χ2n) is 5.40. The van der Waals surface area contributed by atoms with Crippen molar-refractivity contribution in [1.29, 1.82) is 0 Å². The van der Waals surface area contributed by atoms with Crippen LogP contribution in [0, 0.1) is 0 Å². The summed E-state index contributed by atoms with van der Waals surface area (Å²) in [7, 11) is 0. The van der Waals surface area contributed by atoms with Crippen LogP contribution in [0.15, 0.2) is 0 Å². The van der Waals surface area contributed by atoms with Crippen LogP contribution in [0.2, 0.25) is 0 Å². The molecule has 0 saturated heterocycles. The normalized spacial score (nSPS) is 24.0. The first kappa shape index (κ1) is 10.3. The highest BCUT2D eigenvalue weighted by molar-refractivity contribution is 5.07. The summed E-state index contributed by atoms with van der Waals surface area (Å²) in [6, 6.07) is 0. The predicted octanol–water partition coefficient (Wildman–Crippen LogP) is 3.51. The van der Waals surface area contributed by atoms with Crippen molar-refractivity contribution < 1.29 is 0 Å². The van der Waals surface area contributed by atoms with Crippen molar-refractivity contribution in [1.82, 2.24) is 15.2 Å². The van der Waals surface area contributed by atoms with Gasteiger partial charge in [0.2, 0.25) is 0 Å². The van der Waals surface area contributed by atoms with Crippen molar-refractivity contribution in [3.8, 4) is 0 Å². The molecule has 1 aromatic heterocycles. The van der Waals surface area contributed by atoms with Crippen LogP contribution >= 0.6 is 0 Å². The van der Waals surface area contributed by atoms with E-state index in [0.717, 1.165) is 11.6 Å². The topological polar surface area (TPSA) is 41.6 Å². The van der Waals surface area contributed by atoms with E-state index in [4.69, 9.17) is 4.98 Å². The van der Waals surface area contributed by atoms with Crippen molar-refractivity contribution in [2.75, 3.05) is 0 Å². The van der Waals surface area contributed by atoms with Crippen LogP contribution in [0.25, 0.3) is 0 Å². The molecule has 0 radical (unpaired) electrons. The van der Waals surface area contributed by atoms with Crippen molar-refractivity contribution in [2.45, 2.75) is 69.6 Å². The molecule has 3 nitrogen and oxygen atoms in total. The van der Waals surface area contributed by atoms with Crippen LogP contribution in [0.1, 0.15) is 81.3 Å². The van der Waals surface area contributed by atoms with E-state index < -0.39 is 0 Å². The van der Waals surface area contributed by atoms with Gasteiger partial charge in [0, 0.05) is 11.8 Å². The number of aromatic amines is 1. The molecule has 0 bridgehead atoms. The third-order valence-corrected chi connectivity index (χ3v) is 3.95. The lowest BCUT2D eigenvalue weighted by Crippen LogP contribution is -2.04. The van der Waals surface area contributed by atoms with E-state index in [9.17, 15) is 0 Å². The van der Waals surface area contributed by atoms with E-state index in [1.165, 1.54) is 57.8 Å². The first-order valence-corrected chi connectivity index (χ1v) is 6.85. The van der Waals surface area contributed by atoms with E-state index in [1.54, 1.807) is 0 Å². The molecular formula is C13H21N3. The maximum atomic E-state index is 4.70. The minimum atomic E-state index is 0.629. The number of hydrogen-bond donors (Lipinski definition) is 1. The molecule has 1 N–H and O–H groups in total. The number of aromatic nitrogens is 3. The van der Waals surface area contributed by atoms with Gasteiger partial charge in [0.15, 0.2) is 5.82 Å². The molecule has 2 fully saturated rings. The molecule has 3 heteroatoms. The van der Waals surface area contributed by atoms with Gasteiger partial charge in [0.25, 0.3) is 0 Å². The lowest BCUT2D eigenvalue weighted by molar-refractivity contribution is 0.443. The lowest BCUT2D eigenvalue weighted by atomic mass is 9.91. The molecule has 1 heterocycles. The van der Waals surface area contributed by atoms with Gasteiger partial charge in [-0.2, -0.15) is 5.10 Å². The summed E-state index contributed by atoms with van der Waals surface area (Å²) in [6.07, 6.45) is 12.1. The fourth-order valence-electron chi connectivity index (χ4n) is 2.72. The van der Waals surface area contributed by atoms with Crippen LogP contribution in [0.3, 0.4) is 0 Å². The molecule has 16 heavy (non-hydrogen) atoms. The molecule has 2 aliphatic carbocycles. The fourth-order valence-corrected chi connectivity index (χ4v) is 2.72. The highest BCUT2D eigenvalue weighted by atomic mass is 15.2. The maximum absolute atomic E-state index is 4.70. The molecule has 3 rings (SSSR count). The van der Waals surface area contributed by atoms with Crippen LogP contribution in [-0.2, 0) is 0 Å². The van der Waals surface area contributed by atoms with Crippen LogP contribution < -0.4 is 0 Å². The largest absolute Gasteiger partial charge is 0.263 e. The number of H-pyrrole nitrogens is 1. The summed E-state index contributed by atoms with van der Waals surface area (Å²) in [6.45, 7) is 0. The van der Waals surface area contributed by atoms with Crippen LogP contribution in [0.4, 0.5) is 0 Å². The molecule has 0 unspecified atom stereocenters. The van der Waals surface area contributed by atoms with E-state index in [-0.39, 0.29) is 0 Å². The van der Waals surface area contributed by atoms with Gasteiger partial charge in [-0.1, -0.05) is 32.1 Å². The molecule has 88 valence electrons. The van der Waals surface area contributed by atoms with Gasteiger partial charge in [-0.05, 0) is 25.7 Å². The summed E-state index contributed by atoms with van der Waals surface area (Å²) in [5.74, 6) is 3.58. The quantitative estimate of drug-likeness (QED) is 0.827. The molecule has 2 saturated carbocycles. The Hall–Kier alpha value is -0.860. The molecule has 0 aliphatic heterocycles. The van der Waals surface area contributed by atoms with E-state index in [1.807, 2.05) is 0 Å². The van der Waals surface area contributed by atoms with E-state index in [0.29, 0.717) is 11.8 Å². The van der Waals surface area contributed by atoms with Crippen LogP contribution in [-0.4, -0.2) is 15.2 Å². The van der Waals surface area contributed by atoms with Gasteiger partial charge in [0.05, 0.1) is 0 Å². The number of nitrogens with one attached hydrogen (secondary N) is 1. The standard InChI is InChI=1S/C13H21N3/c1-2-4-6-10(7-5-3-1)12-14-13(16-15-12)11-8-9-11/h10-11H,1-9H2,(H,14,15,16).